The highest BCUT2D eigenvalue weighted by atomic mass is 32.2. The normalized spacial score (nSPS) is 16.1. The molecule has 0 unspecified atom stereocenters. The largest absolute Gasteiger partial charge is 0.481 e. The summed E-state index contributed by atoms with van der Waals surface area (Å²) in [7, 11) is 0. The van der Waals surface area contributed by atoms with Gasteiger partial charge < -0.3 is 123 Å². The Labute approximate surface area is 556 Å². The number of carboxylic acids is 1. The number of nitrogens with two attached hydrogens (primary N) is 5. The van der Waals surface area contributed by atoms with Crippen molar-refractivity contribution in [2.24, 2.45) is 34.6 Å². The van der Waals surface area contributed by atoms with Crippen LogP contribution in [0.4, 0.5) is 0 Å². The summed E-state index contributed by atoms with van der Waals surface area (Å²) in [6.45, 7) is -0.646. The van der Waals surface area contributed by atoms with E-state index in [9.17, 15) is 92.7 Å². The van der Waals surface area contributed by atoms with Crippen LogP contribution in [0.1, 0.15) is 90.9 Å². The fourth-order valence-electron chi connectivity index (χ4n) is 9.15. The molecule has 0 saturated carbocycles. The molecular weight excluding hydrogens is 1300 g/mol. The van der Waals surface area contributed by atoms with Gasteiger partial charge in [0.1, 0.15) is 72.5 Å². The van der Waals surface area contributed by atoms with Crippen molar-refractivity contribution in [2.75, 3.05) is 70.1 Å². The van der Waals surface area contributed by atoms with Crippen molar-refractivity contribution in [1.82, 2.24) is 68.7 Å². The number of rotatable bonds is 47. The van der Waals surface area contributed by atoms with Crippen LogP contribution in [0, 0.1) is 16.7 Å². The number of thioether (sulfide) groups is 2. The minimum atomic E-state index is -1.86. The van der Waals surface area contributed by atoms with E-state index in [4.69, 9.17) is 39.5 Å². The molecule has 0 radical (unpaired) electrons. The van der Waals surface area contributed by atoms with Crippen molar-refractivity contribution >= 4 is 118 Å². The molecule has 12 atom stereocenters. The van der Waals surface area contributed by atoms with Crippen molar-refractivity contribution in [3.05, 3.63) is 0 Å². The zero-order chi connectivity index (χ0) is 72.1. The van der Waals surface area contributed by atoms with Gasteiger partial charge in [-0.2, -0.15) is 23.5 Å². The molecule has 41 heteroatoms. The van der Waals surface area contributed by atoms with Crippen molar-refractivity contribution in [3.8, 4) is 0 Å². The Morgan fingerprint density at radius 1 is 0.495 bits per heavy atom. The number of primary amides is 2. The number of carbonyl (C=O) groups is 14. The predicted molar refractivity (Wildman–Crippen MR) is 344 cm³/mol. The quantitative estimate of drug-likeness (QED) is 0.0153. The van der Waals surface area contributed by atoms with Gasteiger partial charge in [-0.3, -0.25) is 77.9 Å². The highest BCUT2D eigenvalue weighted by molar-refractivity contribution is 7.98. The molecule has 29 N–H and O–H groups in total. The first-order chi connectivity index (χ1) is 44.8. The van der Waals surface area contributed by atoms with E-state index in [-0.39, 0.29) is 95.1 Å². The summed E-state index contributed by atoms with van der Waals surface area (Å²) in [6, 6.07) is -18.9. The van der Waals surface area contributed by atoms with Gasteiger partial charge in [0.2, 0.25) is 76.8 Å². The van der Waals surface area contributed by atoms with Gasteiger partial charge in [-0.15, -0.1) is 0 Å². The van der Waals surface area contributed by atoms with E-state index < -0.39 is 207 Å². The van der Waals surface area contributed by atoms with E-state index in [1.165, 1.54) is 23.5 Å². The summed E-state index contributed by atoms with van der Waals surface area (Å²) in [5.41, 5.74) is 27.1. The molecule has 0 bridgehead atoms. The lowest BCUT2D eigenvalue weighted by molar-refractivity contribution is -0.143. The third kappa shape index (κ3) is 32.1. The maximum atomic E-state index is 14.7. The van der Waals surface area contributed by atoms with Crippen molar-refractivity contribution in [1.29, 1.82) is 10.8 Å². The van der Waals surface area contributed by atoms with E-state index in [2.05, 4.69) is 63.8 Å². The van der Waals surface area contributed by atoms with E-state index in [0.29, 0.717) is 5.75 Å². The van der Waals surface area contributed by atoms with Crippen LogP contribution in [0.3, 0.4) is 0 Å². The summed E-state index contributed by atoms with van der Waals surface area (Å²) < 4.78 is 0. The lowest BCUT2D eigenvalue weighted by atomic mass is 10.0. The van der Waals surface area contributed by atoms with E-state index in [0.717, 1.165) is 4.90 Å². The first-order valence-corrected chi connectivity index (χ1v) is 33.0. The van der Waals surface area contributed by atoms with Crippen LogP contribution >= 0.6 is 23.5 Å². The van der Waals surface area contributed by atoms with E-state index >= 15 is 0 Å². The molecule has 0 aromatic carbocycles. The smallest absolute Gasteiger partial charge is 0.303 e. The van der Waals surface area contributed by atoms with Gasteiger partial charge in [-0.05, 0) is 94.1 Å². The van der Waals surface area contributed by atoms with Gasteiger partial charge in [-0.25, -0.2) is 0 Å². The molecule has 1 heterocycles. The maximum absolute atomic E-state index is 14.7. The monoisotopic (exact) mass is 1390 g/mol. The zero-order valence-corrected chi connectivity index (χ0v) is 55.1. The molecule has 538 valence electrons. The fourth-order valence-corrected chi connectivity index (χ4v) is 10.1. The topological polar surface area (TPSA) is 666 Å². The Bertz CT molecular complexity index is 2650. The number of likely N-dealkylation sites (tertiary alicyclic amines) is 1. The molecule has 0 aliphatic carbocycles. The summed E-state index contributed by atoms with van der Waals surface area (Å²) in [5, 5.41) is 92.8. The standard InChI is InChI=1S/C54H96N20O19S2/c1-26(2)20-33(46(87)72-37(25-78)50(91)73-36(24-77)48(89)66-30(13-18-94-3)44(85)64-28(41(57)82)8-5-15-62-53(58)59)69-43(84)29(11-12-40(80)81)67-51(92)38-10-7-17-74(38)52(93)32(9-6-16-63-54(60)61)68-45(86)31(14-19-95-4)65-47(88)34(21-39(56)79)70-49(90)35(23-76)71-42(83)27(55)22-75/h26-38,75-78H,5-25,55H2,1-4H3,(H2,56,79)(H2,57,82)(H,64,85)(H,65,88)(H,66,89)(H,67,92)(H,68,86)(H,69,84)(H,70,90)(H,71,83)(H,72,87)(H,73,91)(H,80,81)(H4,58,59,62)(H4,60,61,63)/t27-,28-,29-,30-,31-,32-,33-,34-,35-,36-,37-,38-/m0/s1. The number of amides is 13. The highest BCUT2D eigenvalue weighted by Crippen LogP contribution is 2.21. The van der Waals surface area contributed by atoms with Gasteiger partial charge in [-0.1, -0.05) is 13.8 Å². The van der Waals surface area contributed by atoms with Gasteiger partial charge in [0, 0.05) is 26.1 Å². The third-order valence-electron chi connectivity index (χ3n) is 14.2. The van der Waals surface area contributed by atoms with Crippen LogP contribution < -0.4 is 92.5 Å². The van der Waals surface area contributed by atoms with Crippen molar-refractivity contribution in [2.45, 2.75) is 163 Å². The zero-order valence-electron chi connectivity index (χ0n) is 53.5. The van der Waals surface area contributed by atoms with Crippen LogP contribution in [-0.4, -0.2) is 268 Å². The van der Waals surface area contributed by atoms with Crippen molar-refractivity contribution < 1.29 is 92.7 Å². The minimum Gasteiger partial charge on any atom is -0.481 e. The molecule has 0 spiro atoms. The molecule has 95 heavy (non-hydrogen) atoms. The second-order valence-electron chi connectivity index (χ2n) is 22.3. The molecule has 1 aliphatic heterocycles. The molecule has 1 saturated heterocycles. The predicted octanol–water partition coefficient (Wildman–Crippen LogP) is -10.6. The third-order valence-corrected chi connectivity index (χ3v) is 15.5. The summed E-state index contributed by atoms with van der Waals surface area (Å²) >= 11 is 2.55. The molecular formula is C54H96N20O19S2. The molecule has 13 amide bonds. The van der Waals surface area contributed by atoms with E-state index in [1.54, 1.807) is 26.4 Å². The molecule has 1 rings (SSSR count). The lowest BCUT2D eigenvalue weighted by Crippen LogP contribution is -2.61. The lowest BCUT2D eigenvalue weighted by Gasteiger charge is -2.31. The Morgan fingerprint density at radius 2 is 0.874 bits per heavy atom. The maximum Gasteiger partial charge on any atom is 0.303 e. The number of nitrogens with zero attached hydrogens (tertiary/aromatic N) is 1. The Balaban J connectivity index is 3.50. The minimum absolute atomic E-state index is 0.000239. The Kier molecular flexibility index (Phi) is 40.2. The van der Waals surface area contributed by atoms with E-state index in [1.807, 2.05) is 0 Å². The summed E-state index contributed by atoms with van der Waals surface area (Å²) in [4.78, 5) is 188. The number of aliphatic carboxylic acids is 1. The molecule has 39 nitrogen and oxygen atoms in total. The fraction of sp³-hybridized carbons (Fsp3) is 0.704. The molecule has 0 aromatic heterocycles. The first-order valence-electron chi connectivity index (χ1n) is 30.3. The number of aliphatic hydroxyl groups excluding tert-OH is 4. The van der Waals surface area contributed by atoms with Crippen molar-refractivity contribution in [3.63, 3.8) is 0 Å². The number of hydrogen-bond donors (Lipinski definition) is 24. The molecule has 0 aromatic rings. The van der Waals surface area contributed by atoms with Gasteiger partial charge in [0.05, 0.1) is 32.8 Å². The van der Waals surface area contributed by atoms with Crippen LogP contribution in [0.25, 0.3) is 0 Å². The van der Waals surface area contributed by atoms with Crippen LogP contribution in [0.2, 0.25) is 0 Å². The number of carboxylic acid groups (broad SMARTS) is 1. The summed E-state index contributed by atoms with van der Waals surface area (Å²) in [6.07, 6.45) is 1.28. The SMILES string of the molecule is CSCC[C@H](NC(=O)[C@H](CO)NC(=O)[C@H](CO)NC(=O)[C@H](CC(C)C)NC(=O)[C@H](CCC(=O)O)NC(=O)[C@@H]1CCCN1C(=O)[C@H](CCCNC(=N)N)NC(=O)[C@H](CCSC)NC(=O)[C@H](CC(N)=O)NC(=O)[C@H](CO)NC(=O)[C@@H](N)CO)C(=O)N[C@@H](CCCNC(=N)N)C(N)=O. The average Bonchev–Trinajstić information content (AvgIpc) is 1.78. The number of nitrogens with one attached hydrogen (secondary N) is 14. The van der Waals surface area contributed by atoms with Gasteiger partial charge >= 0.3 is 5.97 Å². The summed E-state index contributed by atoms with van der Waals surface area (Å²) in [5.74, 6) is -15.5. The number of hydrogen-bond acceptors (Lipinski definition) is 23. The average molecular weight is 1390 g/mol. The second-order valence-corrected chi connectivity index (χ2v) is 24.3. The van der Waals surface area contributed by atoms with Crippen LogP contribution in [0.5, 0.6) is 0 Å². The second kappa shape index (κ2) is 45.1. The Morgan fingerprint density at radius 3 is 1.28 bits per heavy atom. The van der Waals surface area contributed by atoms with Crippen LogP contribution in [-0.2, 0) is 67.1 Å². The van der Waals surface area contributed by atoms with Gasteiger partial charge in [0.15, 0.2) is 11.9 Å². The number of guanidine groups is 2. The molecule has 1 fully saturated rings. The first kappa shape index (κ1) is 84.6. The Hall–Kier alpha value is -8.38. The number of carbonyl (C=O) groups excluding carboxylic acids is 13. The van der Waals surface area contributed by atoms with Crippen LogP contribution in [0.15, 0.2) is 0 Å². The number of aliphatic hydroxyl groups is 4. The molecule has 1 aliphatic rings. The highest BCUT2D eigenvalue weighted by Gasteiger charge is 2.41. The van der Waals surface area contributed by atoms with Gasteiger partial charge in [0.25, 0.3) is 0 Å².